The minimum absolute atomic E-state index is 0. The second kappa shape index (κ2) is 9.32. The Kier molecular flexibility index (Phi) is 7.40. The first-order chi connectivity index (χ1) is 12.1. The summed E-state index contributed by atoms with van der Waals surface area (Å²) in [5.41, 5.74) is -0.688. The van der Waals surface area contributed by atoms with Gasteiger partial charge in [-0.05, 0) is 38.8 Å². The lowest BCUT2D eigenvalue weighted by atomic mass is 9.90. The number of methoxy groups -OCH3 is 1. The Morgan fingerprint density at radius 2 is 1.88 bits per heavy atom. The summed E-state index contributed by atoms with van der Waals surface area (Å²) in [6.07, 6.45) is 8.77. The zero-order chi connectivity index (χ0) is 17.7. The summed E-state index contributed by atoms with van der Waals surface area (Å²) in [6, 6.07) is 0.266. The molecule has 2 aliphatic rings. The molecule has 146 valence electrons. The average Bonchev–Trinajstić information content (AvgIpc) is 3.03. The van der Waals surface area contributed by atoms with Crippen LogP contribution < -0.4 is 10.6 Å². The molecule has 1 saturated heterocycles. The topological polar surface area (TPSA) is 98.1 Å². The maximum atomic E-state index is 12.7. The Hall–Kier alpha value is -1.67. The molecule has 1 saturated carbocycles. The van der Waals surface area contributed by atoms with Crippen LogP contribution >= 0.6 is 12.4 Å². The summed E-state index contributed by atoms with van der Waals surface area (Å²) in [6.45, 7) is 1.88. The number of hydrogen-bond donors (Lipinski definition) is 2. The van der Waals surface area contributed by atoms with E-state index in [1.165, 1.54) is 7.11 Å². The highest BCUT2D eigenvalue weighted by molar-refractivity contribution is 5.96. The van der Waals surface area contributed by atoms with E-state index in [9.17, 15) is 9.59 Å². The van der Waals surface area contributed by atoms with Gasteiger partial charge in [-0.2, -0.15) is 0 Å². The number of piperidine rings is 1. The molecule has 1 amide bonds. The summed E-state index contributed by atoms with van der Waals surface area (Å²) in [5.74, 6) is -0.721. The van der Waals surface area contributed by atoms with Gasteiger partial charge in [0.25, 0.3) is 5.91 Å². The number of nitrogens with zero attached hydrogens (tertiary/aromatic N) is 3. The lowest BCUT2D eigenvalue weighted by molar-refractivity contribution is -0.148. The molecule has 2 heterocycles. The predicted molar refractivity (Wildman–Crippen MR) is 98.3 cm³/mol. The molecule has 9 heteroatoms. The zero-order valence-corrected chi connectivity index (χ0v) is 16.0. The molecule has 0 bridgehead atoms. The number of aromatic nitrogens is 3. The van der Waals surface area contributed by atoms with Crippen molar-refractivity contribution in [2.45, 2.75) is 62.9 Å². The SMILES string of the molecule is COC(=O)C1(NC(=O)c2cn(C3CCNCC3)nn2)CCCCCC1.Cl. The van der Waals surface area contributed by atoms with Gasteiger partial charge in [0.05, 0.1) is 19.3 Å². The van der Waals surface area contributed by atoms with Crippen LogP contribution in [0.25, 0.3) is 0 Å². The van der Waals surface area contributed by atoms with Gasteiger partial charge in [-0.15, -0.1) is 17.5 Å². The second-order valence-electron chi connectivity index (χ2n) is 7.01. The maximum absolute atomic E-state index is 12.7. The van der Waals surface area contributed by atoms with Crippen molar-refractivity contribution in [1.29, 1.82) is 0 Å². The number of halogens is 1. The van der Waals surface area contributed by atoms with Crippen LogP contribution in [0.5, 0.6) is 0 Å². The normalized spacial score (nSPS) is 20.5. The fraction of sp³-hybridized carbons (Fsp3) is 0.765. The molecule has 3 rings (SSSR count). The highest BCUT2D eigenvalue weighted by atomic mass is 35.5. The van der Waals surface area contributed by atoms with Crippen LogP contribution in [0.4, 0.5) is 0 Å². The first-order valence-corrected chi connectivity index (χ1v) is 9.18. The molecular formula is C17H28ClN5O3. The van der Waals surface area contributed by atoms with E-state index in [0.717, 1.165) is 51.6 Å². The second-order valence-corrected chi connectivity index (χ2v) is 7.01. The number of carbonyl (C=O) groups is 2. The number of carbonyl (C=O) groups excluding carboxylic acids is 2. The van der Waals surface area contributed by atoms with E-state index < -0.39 is 5.54 Å². The Labute approximate surface area is 159 Å². The number of esters is 1. The zero-order valence-electron chi connectivity index (χ0n) is 15.2. The van der Waals surface area contributed by atoms with Gasteiger partial charge in [0.1, 0.15) is 5.54 Å². The van der Waals surface area contributed by atoms with E-state index in [1.807, 2.05) is 0 Å². The van der Waals surface area contributed by atoms with Crippen LogP contribution in [0.3, 0.4) is 0 Å². The van der Waals surface area contributed by atoms with Gasteiger partial charge in [0, 0.05) is 0 Å². The van der Waals surface area contributed by atoms with Gasteiger partial charge < -0.3 is 15.4 Å². The van der Waals surface area contributed by atoms with Gasteiger partial charge in [0.2, 0.25) is 0 Å². The predicted octanol–water partition coefficient (Wildman–Crippen LogP) is 1.62. The monoisotopic (exact) mass is 385 g/mol. The maximum Gasteiger partial charge on any atom is 0.331 e. The van der Waals surface area contributed by atoms with Crippen molar-refractivity contribution in [3.63, 3.8) is 0 Å². The summed E-state index contributed by atoms with van der Waals surface area (Å²) in [7, 11) is 1.37. The molecule has 2 fully saturated rings. The highest BCUT2D eigenvalue weighted by Crippen LogP contribution is 2.29. The molecule has 2 N–H and O–H groups in total. The molecule has 1 aliphatic carbocycles. The fourth-order valence-corrected chi connectivity index (χ4v) is 3.82. The van der Waals surface area contributed by atoms with Crippen molar-refractivity contribution in [2.24, 2.45) is 0 Å². The Morgan fingerprint density at radius 1 is 1.23 bits per heavy atom. The van der Waals surface area contributed by atoms with Crippen LogP contribution in [-0.4, -0.2) is 52.6 Å². The number of ether oxygens (including phenoxy) is 1. The number of amides is 1. The van der Waals surface area contributed by atoms with Crippen molar-refractivity contribution in [2.75, 3.05) is 20.2 Å². The largest absolute Gasteiger partial charge is 0.467 e. The minimum Gasteiger partial charge on any atom is -0.467 e. The summed E-state index contributed by atoms with van der Waals surface area (Å²) in [5, 5.41) is 14.4. The molecule has 1 aromatic heterocycles. The molecule has 0 unspecified atom stereocenters. The molecule has 1 aliphatic heterocycles. The van der Waals surface area contributed by atoms with E-state index >= 15 is 0 Å². The summed E-state index contributed by atoms with van der Waals surface area (Å²) >= 11 is 0. The van der Waals surface area contributed by atoms with Gasteiger partial charge in [0.15, 0.2) is 5.69 Å². The van der Waals surface area contributed by atoms with Crippen molar-refractivity contribution in [3.05, 3.63) is 11.9 Å². The van der Waals surface area contributed by atoms with E-state index in [2.05, 4.69) is 20.9 Å². The van der Waals surface area contributed by atoms with E-state index in [-0.39, 0.29) is 36.0 Å². The molecule has 1 aromatic rings. The van der Waals surface area contributed by atoms with Gasteiger partial charge in [-0.3, -0.25) is 4.79 Å². The van der Waals surface area contributed by atoms with Crippen molar-refractivity contribution < 1.29 is 14.3 Å². The van der Waals surface area contributed by atoms with Crippen LogP contribution in [0.1, 0.15) is 67.9 Å². The van der Waals surface area contributed by atoms with E-state index in [0.29, 0.717) is 12.8 Å². The van der Waals surface area contributed by atoms with Gasteiger partial charge >= 0.3 is 5.97 Å². The third-order valence-corrected chi connectivity index (χ3v) is 5.31. The lowest BCUT2D eigenvalue weighted by Crippen LogP contribution is -2.54. The van der Waals surface area contributed by atoms with Crippen molar-refractivity contribution in [1.82, 2.24) is 25.6 Å². The third kappa shape index (κ3) is 4.54. The highest BCUT2D eigenvalue weighted by Gasteiger charge is 2.41. The fourth-order valence-electron chi connectivity index (χ4n) is 3.82. The van der Waals surface area contributed by atoms with E-state index in [1.54, 1.807) is 10.9 Å². The standard InChI is InChI=1S/C17H27N5O3.ClH/c1-25-16(24)17(8-4-2-3-5-9-17)19-15(23)14-12-22(21-20-14)13-6-10-18-11-7-13;/h12-13,18H,2-11H2,1H3,(H,19,23);1H. The molecule has 0 spiro atoms. The quantitative estimate of drug-likeness (QED) is 0.603. The van der Waals surface area contributed by atoms with Crippen LogP contribution in [0.2, 0.25) is 0 Å². The molecule has 8 nitrogen and oxygen atoms in total. The van der Waals surface area contributed by atoms with Crippen LogP contribution in [-0.2, 0) is 9.53 Å². The Morgan fingerprint density at radius 3 is 2.50 bits per heavy atom. The van der Waals surface area contributed by atoms with Gasteiger partial charge in [-0.1, -0.05) is 30.9 Å². The number of rotatable bonds is 4. The number of nitrogens with one attached hydrogen (secondary N) is 2. The Balaban J connectivity index is 0.00000243. The molecule has 26 heavy (non-hydrogen) atoms. The molecule has 0 aromatic carbocycles. The van der Waals surface area contributed by atoms with E-state index in [4.69, 9.17) is 4.74 Å². The Bertz CT molecular complexity index is 607. The first kappa shape index (κ1) is 20.6. The molecular weight excluding hydrogens is 358 g/mol. The molecule has 0 radical (unpaired) electrons. The third-order valence-electron chi connectivity index (χ3n) is 5.31. The lowest BCUT2D eigenvalue weighted by Gasteiger charge is -2.30. The number of hydrogen-bond acceptors (Lipinski definition) is 6. The van der Waals surface area contributed by atoms with Crippen molar-refractivity contribution >= 4 is 24.3 Å². The average molecular weight is 386 g/mol. The first-order valence-electron chi connectivity index (χ1n) is 9.18. The molecule has 0 atom stereocenters. The van der Waals surface area contributed by atoms with Gasteiger partial charge in [-0.25, -0.2) is 9.48 Å². The summed E-state index contributed by atoms with van der Waals surface area (Å²) in [4.78, 5) is 25.1. The minimum atomic E-state index is -0.944. The van der Waals surface area contributed by atoms with Crippen LogP contribution in [0.15, 0.2) is 6.20 Å². The van der Waals surface area contributed by atoms with Crippen molar-refractivity contribution in [3.8, 4) is 0 Å². The summed E-state index contributed by atoms with van der Waals surface area (Å²) < 4.78 is 6.76. The van der Waals surface area contributed by atoms with Crippen LogP contribution in [0, 0.1) is 0 Å². The smallest absolute Gasteiger partial charge is 0.331 e.